The maximum absolute atomic E-state index is 13.1. The number of hydrogen-bond acceptors (Lipinski definition) is 3. The zero-order chi connectivity index (χ0) is 14.8. The summed E-state index contributed by atoms with van der Waals surface area (Å²) >= 11 is 0. The molecule has 1 aliphatic rings. The predicted octanol–water partition coefficient (Wildman–Crippen LogP) is 3.70. The van der Waals surface area contributed by atoms with Crippen molar-refractivity contribution in [2.24, 2.45) is 0 Å². The first-order chi connectivity index (χ1) is 10.1. The first-order valence-electron chi connectivity index (χ1n) is 7.00. The fraction of sp³-hybridized carbons (Fsp3) is 0.375. The van der Waals surface area contributed by atoms with Gasteiger partial charge in [0.05, 0.1) is 6.54 Å². The second-order valence-electron chi connectivity index (χ2n) is 5.34. The maximum atomic E-state index is 13.1. The summed E-state index contributed by atoms with van der Waals surface area (Å²) in [5.74, 6) is 0.486. The summed E-state index contributed by atoms with van der Waals surface area (Å²) in [5, 5.41) is 3.37. The average Bonchev–Trinajstić information content (AvgIpc) is 3.17. The molecule has 0 atom stereocenters. The van der Waals surface area contributed by atoms with E-state index < -0.39 is 11.6 Å². The number of halogens is 2. The molecule has 3 rings (SSSR count). The smallest absolute Gasteiger partial charge is 0.129 e. The second-order valence-corrected chi connectivity index (χ2v) is 5.34. The molecular formula is C16H17F2NO2. The molecule has 1 N–H and O–H groups in total. The molecule has 21 heavy (non-hydrogen) atoms. The van der Waals surface area contributed by atoms with Gasteiger partial charge in [0.25, 0.3) is 0 Å². The van der Waals surface area contributed by atoms with Crippen molar-refractivity contribution in [3.05, 3.63) is 53.0 Å². The lowest BCUT2D eigenvalue weighted by molar-refractivity contribution is 0.299. The van der Waals surface area contributed by atoms with Gasteiger partial charge >= 0.3 is 0 Å². The average molecular weight is 293 g/mol. The minimum Gasteiger partial charge on any atom is -0.489 e. The molecular weight excluding hydrogens is 276 g/mol. The molecule has 5 heteroatoms. The van der Waals surface area contributed by atoms with Gasteiger partial charge < -0.3 is 14.5 Å². The third-order valence-corrected chi connectivity index (χ3v) is 3.44. The van der Waals surface area contributed by atoms with Gasteiger partial charge in [0.1, 0.15) is 35.5 Å². The molecule has 1 aromatic heterocycles. The molecule has 2 aromatic rings. The Labute approximate surface area is 121 Å². The van der Waals surface area contributed by atoms with E-state index in [-0.39, 0.29) is 12.4 Å². The third-order valence-electron chi connectivity index (χ3n) is 3.44. The minimum absolute atomic E-state index is 0.172. The zero-order valence-corrected chi connectivity index (χ0v) is 11.8. The number of aryl methyl sites for hydroxylation is 1. The Bertz CT molecular complexity index is 615. The normalized spacial score (nSPS) is 14.4. The van der Waals surface area contributed by atoms with Crippen LogP contribution in [0.2, 0.25) is 0 Å². The molecule has 1 aliphatic carbocycles. The van der Waals surface area contributed by atoms with Crippen LogP contribution in [-0.2, 0) is 13.2 Å². The number of furan rings is 1. The minimum atomic E-state index is -0.650. The van der Waals surface area contributed by atoms with Crippen molar-refractivity contribution < 1.29 is 17.9 Å². The van der Waals surface area contributed by atoms with Crippen molar-refractivity contribution in [2.45, 2.75) is 39.0 Å². The van der Waals surface area contributed by atoms with Gasteiger partial charge in [-0.05, 0) is 25.8 Å². The maximum Gasteiger partial charge on any atom is 0.129 e. The number of rotatable bonds is 6. The van der Waals surface area contributed by atoms with Crippen molar-refractivity contribution in [2.75, 3.05) is 0 Å². The van der Waals surface area contributed by atoms with E-state index in [0.717, 1.165) is 35.3 Å². The monoisotopic (exact) mass is 293 g/mol. The fourth-order valence-electron chi connectivity index (χ4n) is 2.12. The molecule has 112 valence electrons. The van der Waals surface area contributed by atoms with Gasteiger partial charge in [0, 0.05) is 29.8 Å². The molecule has 3 nitrogen and oxygen atoms in total. The SMILES string of the molecule is Cc1oc(CNC2CC2)cc1COc1cc(F)cc(F)c1. The quantitative estimate of drug-likeness (QED) is 0.882. The Hall–Kier alpha value is -1.88. The van der Waals surface area contributed by atoms with Gasteiger partial charge in [0.2, 0.25) is 0 Å². The van der Waals surface area contributed by atoms with Gasteiger partial charge in [-0.1, -0.05) is 0 Å². The van der Waals surface area contributed by atoms with Crippen LogP contribution in [0.4, 0.5) is 8.78 Å². The van der Waals surface area contributed by atoms with Crippen LogP contribution in [-0.4, -0.2) is 6.04 Å². The summed E-state index contributed by atoms with van der Waals surface area (Å²) in [5.41, 5.74) is 0.882. The molecule has 0 unspecified atom stereocenters. The van der Waals surface area contributed by atoms with E-state index in [4.69, 9.17) is 9.15 Å². The molecule has 0 bridgehead atoms. The number of ether oxygens (including phenoxy) is 1. The molecule has 1 saturated carbocycles. The van der Waals surface area contributed by atoms with Gasteiger partial charge in [-0.25, -0.2) is 8.78 Å². The number of nitrogens with one attached hydrogen (secondary N) is 1. The van der Waals surface area contributed by atoms with Crippen molar-refractivity contribution >= 4 is 0 Å². The highest BCUT2D eigenvalue weighted by Gasteiger charge is 2.21. The molecule has 0 amide bonds. The van der Waals surface area contributed by atoms with E-state index in [1.165, 1.54) is 12.8 Å². The van der Waals surface area contributed by atoms with Gasteiger partial charge in [-0.3, -0.25) is 0 Å². The van der Waals surface area contributed by atoms with E-state index in [0.29, 0.717) is 12.6 Å². The predicted molar refractivity (Wildman–Crippen MR) is 74.0 cm³/mol. The van der Waals surface area contributed by atoms with E-state index in [2.05, 4.69) is 5.32 Å². The van der Waals surface area contributed by atoms with Gasteiger partial charge in [-0.2, -0.15) is 0 Å². The van der Waals surface area contributed by atoms with Crippen LogP contribution in [0.15, 0.2) is 28.7 Å². The van der Waals surface area contributed by atoms with Crippen LogP contribution >= 0.6 is 0 Å². The number of benzene rings is 1. The van der Waals surface area contributed by atoms with Crippen LogP contribution in [0, 0.1) is 18.6 Å². The zero-order valence-electron chi connectivity index (χ0n) is 11.8. The van der Waals surface area contributed by atoms with E-state index >= 15 is 0 Å². The Balaban J connectivity index is 1.61. The highest BCUT2D eigenvalue weighted by molar-refractivity contribution is 5.26. The second kappa shape index (κ2) is 5.85. The molecule has 0 spiro atoms. The van der Waals surface area contributed by atoms with Crippen LogP contribution < -0.4 is 10.1 Å². The van der Waals surface area contributed by atoms with Gasteiger partial charge in [-0.15, -0.1) is 0 Å². The Kier molecular flexibility index (Phi) is 3.92. The fourth-order valence-corrected chi connectivity index (χ4v) is 2.12. The number of hydrogen-bond donors (Lipinski definition) is 1. The summed E-state index contributed by atoms with van der Waals surface area (Å²) < 4.78 is 37.2. The van der Waals surface area contributed by atoms with Crippen LogP contribution in [0.5, 0.6) is 5.75 Å². The molecule has 1 heterocycles. The third kappa shape index (κ3) is 3.82. The first kappa shape index (κ1) is 14.1. The van der Waals surface area contributed by atoms with Crippen LogP contribution in [0.1, 0.15) is 29.9 Å². The summed E-state index contributed by atoms with van der Waals surface area (Å²) in [6, 6.07) is 5.67. The lowest BCUT2D eigenvalue weighted by atomic mass is 10.2. The van der Waals surface area contributed by atoms with Crippen molar-refractivity contribution in [3.63, 3.8) is 0 Å². The highest BCUT2D eigenvalue weighted by Crippen LogP contribution is 2.22. The lowest BCUT2D eigenvalue weighted by Crippen LogP contribution is -2.14. The van der Waals surface area contributed by atoms with E-state index in [9.17, 15) is 8.78 Å². The van der Waals surface area contributed by atoms with Crippen LogP contribution in [0.25, 0.3) is 0 Å². The Morgan fingerprint density at radius 1 is 1.19 bits per heavy atom. The van der Waals surface area contributed by atoms with Crippen molar-refractivity contribution in [3.8, 4) is 5.75 Å². The standard InChI is InChI=1S/C16H17F2NO2/c1-10-11(4-16(21-10)8-19-14-2-3-14)9-20-15-6-12(17)5-13(18)7-15/h4-7,14,19H,2-3,8-9H2,1H3. The first-order valence-corrected chi connectivity index (χ1v) is 7.00. The summed E-state index contributed by atoms with van der Waals surface area (Å²) in [6.07, 6.45) is 2.45. The van der Waals surface area contributed by atoms with E-state index in [1.807, 2.05) is 13.0 Å². The summed E-state index contributed by atoms with van der Waals surface area (Å²) in [7, 11) is 0. The topological polar surface area (TPSA) is 34.4 Å². The summed E-state index contributed by atoms with van der Waals surface area (Å²) in [4.78, 5) is 0. The highest BCUT2D eigenvalue weighted by atomic mass is 19.1. The Morgan fingerprint density at radius 2 is 1.90 bits per heavy atom. The van der Waals surface area contributed by atoms with E-state index in [1.54, 1.807) is 0 Å². The van der Waals surface area contributed by atoms with Gasteiger partial charge in [0.15, 0.2) is 0 Å². The largest absolute Gasteiger partial charge is 0.489 e. The molecule has 1 fully saturated rings. The molecule has 0 radical (unpaired) electrons. The van der Waals surface area contributed by atoms with Crippen molar-refractivity contribution in [1.29, 1.82) is 0 Å². The lowest BCUT2D eigenvalue weighted by Gasteiger charge is -2.05. The summed E-state index contributed by atoms with van der Waals surface area (Å²) in [6.45, 7) is 2.77. The molecule has 0 aliphatic heterocycles. The van der Waals surface area contributed by atoms with Crippen molar-refractivity contribution in [1.82, 2.24) is 5.32 Å². The molecule has 1 aromatic carbocycles. The molecule has 0 saturated heterocycles. The van der Waals surface area contributed by atoms with Crippen LogP contribution in [0.3, 0.4) is 0 Å². The Morgan fingerprint density at radius 3 is 2.57 bits per heavy atom.